The first-order valence-electron chi connectivity index (χ1n) is 5.45. The van der Waals surface area contributed by atoms with Gasteiger partial charge in [-0.2, -0.15) is 0 Å². The third-order valence-corrected chi connectivity index (χ3v) is 5.63. The second-order valence-electron chi connectivity index (χ2n) is 3.88. The van der Waals surface area contributed by atoms with Gasteiger partial charge in [0.1, 0.15) is 5.52 Å². The van der Waals surface area contributed by atoms with Gasteiger partial charge in [-0.15, -0.1) is 0 Å². The summed E-state index contributed by atoms with van der Waals surface area (Å²) in [5.74, 6) is -0.245. The van der Waals surface area contributed by atoms with Crippen LogP contribution in [0, 0.1) is 8.70 Å². The average molecular weight is 387 g/mol. The van der Waals surface area contributed by atoms with E-state index in [1.165, 1.54) is 6.07 Å². The number of hydrogen-bond acceptors (Lipinski definition) is 3. The predicted molar refractivity (Wildman–Crippen MR) is 83.8 cm³/mol. The van der Waals surface area contributed by atoms with Crippen LogP contribution in [0.4, 0.5) is 10.1 Å². The van der Waals surface area contributed by atoms with Gasteiger partial charge in [-0.05, 0) is 18.2 Å². The van der Waals surface area contributed by atoms with Crippen LogP contribution in [-0.2, 0) is 0 Å². The van der Waals surface area contributed by atoms with E-state index < -0.39 is 16.6 Å². The molecule has 3 rings (SSSR count). The number of halogens is 2. The van der Waals surface area contributed by atoms with Crippen LogP contribution < -0.4 is 9.92 Å². The minimum absolute atomic E-state index is 0.205. The molecule has 0 amide bonds. The Morgan fingerprint density at radius 3 is 2.89 bits per heavy atom. The zero-order valence-electron chi connectivity index (χ0n) is 9.64. The maximum atomic E-state index is 13.8. The molecule has 19 heavy (non-hydrogen) atoms. The number of nitrogens with two attached hydrogens (primary N) is 1. The van der Waals surface area contributed by atoms with E-state index in [1.807, 2.05) is 18.2 Å². The Labute approximate surface area is 125 Å². The van der Waals surface area contributed by atoms with Gasteiger partial charge < -0.3 is 5.73 Å². The molecule has 3 aromatic rings. The molecule has 96 valence electrons. The summed E-state index contributed by atoms with van der Waals surface area (Å²) in [6.07, 6.45) is 1.73. The van der Waals surface area contributed by atoms with E-state index in [-0.39, 0.29) is 5.75 Å². The van der Waals surface area contributed by atoms with Gasteiger partial charge in [0.25, 0.3) is 2.88 Å². The van der Waals surface area contributed by atoms with Gasteiger partial charge in [-0.25, -0.2) is 4.39 Å². The number of aromatic nitrogens is 1. The van der Waals surface area contributed by atoms with Crippen LogP contribution in [0.5, 0.6) is 5.75 Å². The fourth-order valence-corrected chi connectivity index (χ4v) is 4.39. The van der Waals surface area contributed by atoms with E-state index in [2.05, 4.69) is 27.6 Å². The molecule has 0 saturated heterocycles. The van der Waals surface area contributed by atoms with Crippen LogP contribution in [0.25, 0.3) is 10.2 Å². The summed E-state index contributed by atoms with van der Waals surface area (Å²) in [5.41, 5.74) is 6.79. The summed E-state index contributed by atoms with van der Waals surface area (Å²) in [6.45, 7) is 0. The molecular weight excluding hydrogens is 378 g/mol. The minimum atomic E-state index is -0.610. The molecule has 6 heteroatoms. The Bertz CT molecular complexity index is 759. The number of fused-ring (bicyclic) bond motifs is 1. The molecule has 2 N–H and O–H groups in total. The Balaban J connectivity index is 2.08. The Morgan fingerprint density at radius 2 is 2.11 bits per heavy atom. The number of nitrogen functional groups attached to an aromatic ring is 1. The van der Waals surface area contributed by atoms with Crippen LogP contribution >= 0.6 is 33.3 Å². The van der Waals surface area contributed by atoms with Crippen LogP contribution in [0.1, 0.15) is 0 Å². The van der Waals surface area contributed by atoms with Gasteiger partial charge in [0.15, 0.2) is 5.82 Å². The second kappa shape index (κ2) is 4.93. The fraction of sp³-hybridized carbons (Fsp3) is 0. The maximum Gasteiger partial charge on any atom is 0.259 e. The molecule has 0 radical (unpaired) electrons. The highest BCUT2D eigenvalue weighted by Gasteiger charge is 2.24. The molecule has 0 bridgehead atoms. The van der Waals surface area contributed by atoms with Crippen molar-refractivity contribution in [1.29, 1.82) is 0 Å². The van der Waals surface area contributed by atoms with Gasteiger partial charge in [0.2, 0.25) is 21.2 Å². The number of rotatable bonds is 2. The van der Waals surface area contributed by atoms with Crippen molar-refractivity contribution in [2.45, 2.75) is 0 Å². The largest absolute Gasteiger partial charge is 0.399 e. The third-order valence-electron chi connectivity index (χ3n) is 2.56. The van der Waals surface area contributed by atoms with Crippen LogP contribution in [0.3, 0.4) is 0 Å². The lowest BCUT2D eigenvalue weighted by molar-refractivity contribution is 0.534. The van der Waals surface area contributed by atoms with Crippen molar-refractivity contribution in [3.05, 3.63) is 51.3 Å². The van der Waals surface area contributed by atoms with Gasteiger partial charge in [0.05, 0.1) is 0 Å². The van der Waals surface area contributed by atoms with Crippen molar-refractivity contribution in [3.8, 4) is 5.75 Å². The molecule has 1 aromatic carbocycles. The number of anilines is 1. The molecule has 0 aliphatic heterocycles. The Hall–Kier alpha value is -1.41. The highest BCUT2D eigenvalue weighted by atomic mass is 127. The van der Waals surface area contributed by atoms with Crippen molar-refractivity contribution in [3.63, 3.8) is 0 Å². The number of nitrogens with zero attached hydrogens (tertiary/aromatic N) is 1. The first-order valence-corrected chi connectivity index (χ1v) is 7.68. The van der Waals surface area contributed by atoms with Crippen LogP contribution in [0.2, 0.25) is 0 Å². The molecule has 0 fully saturated rings. The van der Waals surface area contributed by atoms with E-state index in [0.29, 0.717) is 5.69 Å². The molecule has 2 aromatic heterocycles. The molecule has 0 aliphatic rings. The second-order valence-corrected chi connectivity index (χ2v) is 7.36. The van der Waals surface area contributed by atoms with Crippen molar-refractivity contribution in [2.24, 2.45) is 0 Å². The molecule has 1 atom stereocenters. The molecular formula is C13H9FIN2OS+. The standard InChI is InChI=1S/C13H9FIN2OS/c14-9-6-8(16)3-4-11(9)18-19-12-2-1-5-17-10(12)7-13(19)15/h1-7H,16H2/q+1. The van der Waals surface area contributed by atoms with Crippen molar-refractivity contribution in [1.82, 2.24) is 4.98 Å². The van der Waals surface area contributed by atoms with Crippen LogP contribution in [-0.4, -0.2) is 4.98 Å². The predicted octanol–water partition coefficient (Wildman–Crippen LogP) is 4.15. The average Bonchev–Trinajstić information content (AvgIpc) is 2.69. The van der Waals surface area contributed by atoms with Gasteiger partial charge in [0, 0.05) is 52.7 Å². The molecule has 0 saturated carbocycles. The monoisotopic (exact) mass is 387 g/mol. The number of pyridine rings is 1. The highest BCUT2D eigenvalue weighted by Crippen LogP contribution is 2.38. The Kier molecular flexibility index (Phi) is 3.28. The summed E-state index contributed by atoms with van der Waals surface area (Å²) in [6, 6.07) is 10.2. The lowest BCUT2D eigenvalue weighted by Crippen LogP contribution is -1.91. The normalized spacial score (nSPS) is 11.8. The highest BCUT2D eigenvalue weighted by molar-refractivity contribution is 14.1. The first-order chi connectivity index (χ1) is 9.15. The van der Waals surface area contributed by atoms with Crippen molar-refractivity contribution in [2.75, 3.05) is 5.73 Å². The number of thiophene rings is 1. The zero-order chi connectivity index (χ0) is 13.4. The smallest absolute Gasteiger partial charge is 0.259 e. The van der Waals surface area contributed by atoms with Crippen molar-refractivity contribution < 1.29 is 8.57 Å². The first kappa shape index (κ1) is 12.6. The lowest BCUT2D eigenvalue weighted by atomic mass is 10.3. The van der Waals surface area contributed by atoms with E-state index in [4.69, 9.17) is 9.92 Å². The van der Waals surface area contributed by atoms with Gasteiger partial charge in [-0.1, -0.05) is 0 Å². The molecule has 2 heterocycles. The van der Waals surface area contributed by atoms with Crippen molar-refractivity contribution >= 4 is 49.2 Å². The summed E-state index contributed by atoms with van der Waals surface area (Å²) in [7, 11) is -0.610. The molecule has 0 aliphatic carbocycles. The molecule has 0 spiro atoms. The summed E-state index contributed by atoms with van der Waals surface area (Å²) < 4.78 is 21.5. The zero-order valence-corrected chi connectivity index (χ0v) is 12.6. The van der Waals surface area contributed by atoms with Gasteiger partial charge in [-0.3, -0.25) is 9.17 Å². The van der Waals surface area contributed by atoms with E-state index in [0.717, 1.165) is 13.1 Å². The number of benzene rings is 1. The maximum absolute atomic E-state index is 13.8. The molecule has 3 nitrogen and oxygen atoms in total. The fourth-order valence-electron chi connectivity index (χ4n) is 1.69. The Morgan fingerprint density at radius 1 is 1.26 bits per heavy atom. The quantitative estimate of drug-likeness (QED) is 0.408. The van der Waals surface area contributed by atoms with Crippen LogP contribution in [0.15, 0.2) is 42.6 Å². The lowest BCUT2D eigenvalue weighted by Gasteiger charge is -1.99. The topological polar surface area (TPSA) is 48.1 Å². The van der Waals surface area contributed by atoms with E-state index >= 15 is 0 Å². The summed E-state index contributed by atoms with van der Waals surface area (Å²) >= 11 is 2.20. The third kappa shape index (κ3) is 2.37. The SMILES string of the molecule is Nc1ccc(O[s+]2c(I)cc3ncccc32)c(F)c1. The molecule has 1 unspecified atom stereocenters. The summed E-state index contributed by atoms with van der Waals surface area (Å²) in [4.78, 5) is 4.27. The number of hydrogen-bond donors (Lipinski definition) is 1. The van der Waals surface area contributed by atoms with E-state index in [1.54, 1.807) is 18.3 Å². The summed E-state index contributed by atoms with van der Waals surface area (Å²) in [5, 5.41) is 0. The minimum Gasteiger partial charge on any atom is -0.399 e. The van der Waals surface area contributed by atoms with Gasteiger partial charge >= 0.3 is 0 Å². The van der Waals surface area contributed by atoms with E-state index in [9.17, 15) is 4.39 Å².